The first-order valence-corrected chi connectivity index (χ1v) is 4.79. The third-order valence-corrected chi connectivity index (χ3v) is 2.28. The third-order valence-electron chi connectivity index (χ3n) is 2.28. The highest BCUT2D eigenvalue weighted by Gasteiger charge is 2.21. The van der Waals surface area contributed by atoms with Gasteiger partial charge in [-0.15, -0.1) is 0 Å². The fourth-order valence-corrected chi connectivity index (χ4v) is 1.51. The minimum Gasteiger partial charge on any atom is -0.464 e. The van der Waals surface area contributed by atoms with E-state index in [9.17, 15) is 4.79 Å². The first kappa shape index (κ1) is 9.71. The van der Waals surface area contributed by atoms with Gasteiger partial charge in [-0.1, -0.05) is 18.2 Å². The van der Waals surface area contributed by atoms with Crippen molar-refractivity contribution in [1.29, 1.82) is 0 Å². The van der Waals surface area contributed by atoms with Gasteiger partial charge in [-0.05, 0) is 12.1 Å². The molecule has 0 atom stereocenters. The van der Waals surface area contributed by atoms with Crippen LogP contribution < -0.4 is 5.01 Å². The molecule has 0 spiro atoms. The van der Waals surface area contributed by atoms with E-state index in [2.05, 4.69) is 9.84 Å². The van der Waals surface area contributed by atoms with E-state index in [1.807, 2.05) is 35.3 Å². The van der Waals surface area contributed by atoms with Crippen LogP contribution in [0.4, 0.5) is 5.69 Å². The van der Waals surface area contributed by atoms with Crippen molar-refractivity contribution >= 4 is 17.4 Å². The molecule has 1 aliphatic heterocycles. The maximum Gasteiger partial charge on any atom is 0.354 e. The Kier molecular flexibility index (Phi) is 2.67. The van der Waals surface area contributed by atoms with Crippen LogP contribution in [0.25, 0.3) is 0 Å². The lowest BCUT2D eigenvalue weighted by Crippen LogP contribution is -2.13. The molecule has 1 heterocycles. The van der Waals surface area contributed by atoms with E-state index in [0.29, 0.717) is 12.1 Å². The van der Waals surface area contributed by atoms with Gasteiger partial charge in [0, 0.05) is 13.0 Å². The maximum absolute atomic E-state index is 11.2. The summed E-state index contributed by atoms with van der Waals surface area (Å²) in [7, 11) is 1.37. The van der Waals surface area contributed by atoms with Crippen molar-refractivity contribution in [3.8, 4) is 0 Å². The standard InChI is InChI=1S/C11H12N2O2/c1-15-11(14)10-7-8-13(12-10)9-5-3-2-4-6-9/h2-6H,7-8H2,1H3. The highest BCUT2D eigenvalue weighted by atomic mass is 16.5. The number of hydrogen-bond donors (Lipinski definition) is 0. The van der Waals surface area contributed by atoms with Crippen molar-refractivity contribution in [2.24, 2.45) is 5.10 Å². The zero-order valence-corrected chi connectivity index (χ0v) is 8.51. The molecule has 0 amide bonds. The number of ether oxygens (including phenoxy) is 1. The lowest BCUT2D eigenvalue weighted by atomic mass is 10.3. The van der Waals surface area contributed by atoms with Crippen LogP contribution in [-0.2, 0) is 9.53 Å². The van der Waals surface area contributed by atoms with Crippen LogP contribution in [0, 0.1) is 0 Å². The highest BCUT2D eigenvalue weighted by molar-refractivity contribution is 6.37. The number of benzene rings is 1. The van der Waals surface area contributed by atoms with Gasteiger partial charge < -0.3 is 4.74 Å². The zero-order valence-electron chi connectivity index (χ0n) is 8.51. The van der Waals surface area contributed by atoms with E-state index in [4.69, 9.17) is 0 Å². The summed E-state index contributed by atoms with van der Waals surface area (Å²) < 4.78 is 4.62. The van der Waals surface area contributed by atoms with Gasteiger partial charge in [0.15, 0.2) is 0 Å². The Balaban J connectivity index is 2.16. The monoisotopic (exact) mass is 204 g/mol. The first-order chi connectivity index (χ1) is 7.31. The molecule has 0 unspecified atom stereocenters. The number of hydrogen-bond acceptors (Lipinski definition) is 4. The van der Waals surface area contributed by atoms with Gasteiger partial charge >= 0.3 is 5.97 Å². The Hall–Kier alpha value is -1.84. The third kappa shape index (κ3) is 1.98. The molecule has 0 aliphatic carbocycles. The molecule has 0 N–H and O–H groups in total. The Morgan fingerprint density at radius 2 is 2.13 bits per heavy atom. The van der Waals surface area contributed by atoms with Crippen LogP contribution >= 0.6 is 0 Å². The summed E-state index contributed by atoms with van der Waals surface area (Å²) in [5.41, 5.74) is 1.48. The number of methoxy groups -OCH3 is 1. The molecule has 1 aromatic rings. The molecule has 0 saturated carbocycles. The molecular weight excluding hydrogens is 192 g/mol. The van der Waals surface area contributed by atoms with E-state index in [1.54, 1.807) is 0 Å². The van der Waals surface area contributed by atoms with Crippen LogP contribution in [-0.4, -0.2) is 25.3 Å². The van der Waals surface area contributed by atoms with E-state index in [-0.39, 0.29) is 5.97 Å². The van der Waals surface area contributed by atoms with E-state index < -0.39 is 0 Å². The maximum atomic E-state index is 11.2. The number of para-hydroxylation sites is 1. The number of nitrogens with zero attached hydrogens (tertiary/aromatic N) is 2. The van der Waals surface area contributed by atoms with Crippen LogP contribution in [0.5, 0.6) is 0 Å². The molecule has 1 aliphatic rings. The fourth-order valence-electron chi connectivity index (χ4n) is 1.51. The highest BCUT2D eigenvalue weighted by Crippen LogP contribution is 2.18. The lowest BCUT2D eigenvalue weighted by Gasteiger charge is -2.12. The predicted molar refractivity (Wildman–Crippen MR) is 57.9 cm³/mol. The van der Waals surface area contributed by atoms with Gasteiger partial charge in [-0.25, -0.2) is 4.79 Å². The second kappa shape index (κ2) is 4.13. The molecule has 4 nitrogen and oxygen atoms in total. The molecule has 0 radical (unpaired) electrons. The summed E-state index contributed by atoms with van der Waals surface area (Å²) in [4.78, 5) is 11.2. The van der Waals surface area contributed by atoms with Crippen molar-refractivity contribution in [2.45, 2.75) is 6.42 Å². The number of hydrazone groups is 1. The van der Waals surface area contributed by atoms with Gasteiger partial charge in [0.1, 0.15) is 5.71 Å². The molecule has 78 valence electrons. The topological polar surface area (TPSA) is 41.9 Å². The summed E-state index contributed by atoms with van der Waals surface area (Å²) >= 11 is 0. The molecule has 4 heteroatoms. The first-order valence-electron chi connectivity index (χ1n) is 4.79. The summed E-state index contributed by atoms with van der Waals surface area (Å²) in [6.45, 7) is 0.731. The average Bonchev–Trinajstić information content (AvgIpc) is 2.78. The molecular formula is C11H12N2O2. The predicted octanol–water partition coefficient (Wildman–Crippen LogP) is 1.43. The molecule has 2 rings (SSSR count). The summed E-state index contributed by atoms with van der Waals surface area (Å²) in [6, 6.07) is 9.76. The normalized spacial score (nSPS) is 15.0. The van der Waals surface area contributed by atoms with Gasteiger partial charge in [0.05, 0.1) is 12.8 Å². The Bertz CT molecular complexity index is 387. The minimum atomic E-state index is -0.339. The van der Waals surface area contributed by atoms with E-state index in [0.717, 1.165) is 12.2 Å². The van der Waals surface area contributed by atoms with E-state index >= 15 is 0 Å². The van der Waals surface area contributed by atoms with Gasteiger partial charge in [0.25, 0.3) is 0 Å². The Labute approximate surface area is 88.2 Å². The SMILES string of the molecule is COC(=O)C1=NN(c2ccccc2)CC1. The van der Waals surface area contributed by atoms with E-state index in [1.165, 1.54) is 7.11 Å². The fraction of sp³-hybridized carbons (Fsp3) is 0.273. The molecule has 0 fully saturated rings. The molecule has 0 aromatic heterocycles. The van der Waals surface area contributed by atoms with Gasteiger partial charge in [-0.3, -0.25) is 5.01 Å². The van der Waals surface area contributed by atoms with Crippen molar-refractivity contribution in [3.05, 3.63) is 30.3 Å². The molecule has 15 heavy (non-hydrogen) atoms. The number of rotatable bonds is 2. The van der Waals surface area contributed by atoms with Crippen molar-refractivity contribution in [2.75, 3.05) is 18.7 Å². The number of carbonyl (C=O) groups excluding carboxylic acids is 1. The summed E-state index contributed by atoms with van der Waals surface area (Å²) in [5, 5.41) is 6.02. The molecule has 0 saturated heterocycles. The number of esters is 1. The van der Waals surface area contributed by atoms with Crippen LogP contribution in [0.15, 0.2) is 35.4 Å². The molecule has 1 aromatic carbocycles. The average molecular weight is 204 g/mol. The number of carbonyl (C=O) groups is 1. The zero-order chi connectivity index (χ0) is 10.7. The van der Waals surface area contributed by atoms with Crippen LogP contribution in [0.3, 0.4) is 0 Å². The van der Waals surface area contributed by atoms with Gasteiger partial charge in [-0.2, -0.15) is 5.10 Å². The van der Waals surface area contributed by atoms with Crippen LogP contribution in [0.1, 0.15) is 6.42 Å². The largest absolute Gasteiger partial charge is 0.464 e. The minimum absolute atomic E-state index is 0.339. The Morgan fingerprint density at radius 1 is 1.40 bits per heavy atom. The second-order valence-corrected chi connectivity index (χ2v) is 3.25. The quantitative estimate of drug-likeness (QED) is 0.684. The van der Waals surface area contributed by atoms with Crippen molar-refractivity contribution < 1.29 is 9.53 Å². The molecule has 0 bridgehead atoms. The smallest absolute Gasteiger partial charge is 0.354 e. The summed E-state index contributed by atoms with van der Waals surface area (Å²) in [6.07, 6.45) is 0.640. The lowest BCUT2D eigenvalue weighted by molar-refractivity contribution is -0.132. The van der Waals surface area contributed by atoms with Crippen LogP contribution in [0.2, 0.25) is 0 Å². The van der Waals surface area contributed by atoms with Crippen molar-refractivity contribution in [3.63, 3.8) is 0 Å². The summed E-state index contributed by atoms with van der Waals surface area (Å²) in [5.74, 6) is -0.339. The van der Waals surface area contributed by atoms with Crippen molar-refractivity contribution in [1.82, 2.24) is 0 Å². The van der Waals surface area contributed by atoms with Gasteiger partial charge in [0.2, 0.25) is 0 Å². The second-order valence-electron chi connectivity index (χ2n) is 3.25. The Morgan fingerprint density at radius 3 is 2.80 bits per heavy atom. The number of anilines is 1.